The highest BCUT2D eigenvalue weighted by molar-refractivity contribution is 5.81. The number of nitrogens with two attached hydrogens (primary N) is 1. The molecule has 13 heavy (non-hydrogen) atoms. The number of oxazole rings is 1. The maximum Gasteiger partial charge on any atom is 0.196 e. The smallest absolute Gasteiger partial charge is 0.196 e. The van der Waals surface area contributed by atoms with Crippen molar-refractivity contribution in [2.24, 2.45) is 0 Å². The van der Waals surface area contributed by atoms with Gasteiger partial charge >= 0.3 is 0 Å². The predicted octanol–water partition coefficient (Wildman–Crippen LogP) is 1.56. The summed E-state index contributed by atoms with van der Waals surface area (Å²) in [6.07, 6.45) is 0. The van der Waals surface area contributed by atoms with Crippen LogP contribution in [0.2, 0.25) is 0 Å². The summed E-state index contributed by atoms with van der Waals surface area (Å²) >= 11 is 0. The molecule has 0 aliphatic rings. The zero-order chi connectivity index (χ0) is 9.59. The second kappa shape index (κ2) is 2.35. The van der Waals surface area contributed by atoms with Crippen LogP contribution in [0.1, 0.15) is 5.89 Å². The number of rotatable bonds is 0. The maximum atomic E-state index is 13.2. The topological polar surface area (TPSA) is 72.3 Å². The lowest BCUT2D eigenvalue weighted by atomic mass is 10.2. The Labute approximate surface area is 72.8 Å². The Morgan fingerprint density at radius 3 is 3.00 bits per heavy atom. The van der Waals surface area contributed by atoms with Crippen molar-refractivity contribution in [3.05, 3.63) is 17.8 Å². The van der Waals surface area contributed by atoms with Crippen LogP contribution >= 0.6 is 0 Å². The van der Waals surface area contributed by atoms with E-state index in [1.54, 1.807) is 6.92 Å². The number of anilines is 1. The molecule has 2 rings (SSSR count). The van der Waals surface area contributed by atoms with Gasteiger partial charge in [-0.05, 0) is 0 Å². The van der Waals surface area contributed by atoms with Gasteiger partial charge in [-0.2, -0.15) is 0 Å². The van der Waals surface area contributed by atoms with Crippen LogP contribution in [0.3, 0.4) is 0 Å². The van der Waals surface area contributed by atoms with Crippen LogP contribution in [0.5, 0.6) is 5.75 Å². The number of phenols is 1. The largest absolute Gasteiger partial charge is 0.503 e. The number of benzene rings is 1. The van der Waals surface area contributed by atoms with Crippen LogP contribution in [0.15, 0.2) is 10.5 Å². The molecule has 1 heterocycles. The second-order valence-electron chi connectivity index (χ2n) is 2.71. The lowest BCUT2D eigenvalue weighted by molar-refractivity contribution is 0.438. The van der Waals surface area contributed by atoms with Crippen LogP contribution in [0.4, 0.5) is 10.1 Å². The highest BCUT2D eigenvalue weighted by atomic mass is 19.1. The zero-order valence-electron chi connectivity index (χ0n) is 6.84. The second-order valence-corrected chi connectivity index (χ2v) is 2.71. The highest BCUT2D eigenvalue weighted by Gasteiger charge is 2.14. The van der Waals surface area contributed by atoms with Crippen molar-refractivity contribution in [3.8, 4) is 5.75 Å². The molecule has 0 aliphatic carbocycles. The van der Waals surface area contributed by atoms with Gasteiger partial charge in [0.1, 0.15) is 5.52 Å². The van der Waals surface area contributed by atoms with Crippen molar-refractivity contribution < 1.29 is 13.9 Å². The molecule has 0 saturated carbocycles. The van der Waals surface area contributed by atoms with Crippen LogP contribution in [-0.4, -0.2) is 10.1 Å². The van der Waals surface area contributed by atoms with E-state index in [0.29, 0.717) is 5.89 Å². The normalized spacial score (nSPS) is 10.9. The van der Waals surface area contributed by atoms with Crippen molar-refractivity contribution in [1.29, 1.82) is 0 Å². The van der Waals surface area contributed by atoms with Crippen molar-refractivity contribution in [3.63, 3.8) is 0 Å². The SMILES string of the molecule is Cc1nc2c(F)c(O)c(N)cc2o1. The van der Waals surface area contributed by atoms with E-state index in [1.807, 2.05) is 0 Å². The van der Waals surface area contributed by atoms with E-state index in [2.05, 4.69) is 4.98 Å². The quantitative estimate of drug-likeness (QED) is 0.479. The van der Waals surface area contributed by atoms with E-state index < -0.39 is 11.6 Å². The molecule has 0 radical (unpaired) electrons. The molecule has 0 aliphatic heterocycles. The fraction of sp³-hybridized carbons (Fsp3) is 0.125. The Kier molecular flexibility index (Phi) is 1.42. The van der Waals surface area contributed by atoms with Crippen LogP contribution in [0, 0.1) is 12.7 Å². The van der Waals surface area contributed by atoms with Gasteiger partial charge in [-0.25, -0.2) is 9.37 Å². The number of aromatic nitrogens is 1. The molecule has 0 unspecified atom stereocenters. The summed E-state index contributed by atoms with van der Waals surface area (Å²) in [7, 11) is 0. The van der Waals surface area contributed by atoms with Crippen molar-refractivity contribution in [2.45, 2.75) is 6.92 Å². The summed E-state index contributed by atoms with van der Waals surface area (Å²) in [6, 6.07) is 1.34. The molecule has 0 amide bonds. The Morgan fingerprint density at radius 1 is 1.62 bits per heavy atom. The van der Waals surface area contributed by atoms with Gasteiger partial charge in [0, 0.05) is 13.0 Å². The lowest BCUT2D eigenvalue weighted by Gasteiger charge is -1.98. The third-order valence-electron chi connectivity index (χ3n) is 1.74. The first-order valence-corrected chi connectivity index (χ1v) is 3.63. The minimum absolute atomic E-state index is 0.00389. The molecular formula is C8H7FN2O2. The van der Waals surface area contributed by atoms with E-state index in [1.165, 1.54) is 6.07 Å². The summed E-state index contributed by atoms with van der Waals surface area (Å²) in [5.74, 6) is -1.09. The molecule has 1 aromatic heterocycles. The Balaban J connectivity index is 2.92. The monoisotopic (exact) mass is 182 g/mol. The van der Waals surface area contributed by atoms with Gasteiger partial charge in [-0.3, -0.25) is 0 Å². The van der Waals surface area contributed by atoms with Gasteiger partial charge < -0.3 is 15.3 Å². The number of nitrogens with zero attached hydrogens (tertiary/aromatic N) is 1. The van der Waals surface area contributed by atoms with Crippen LogP contribution in [0.25, 0.3) is 11.1 Å². The molecule has 0 saturated heterocycles. The minimum Gasteiger partial charge on any atom is -0.503 e. The summed E-state index contributed by atoms with van der Waals surface area (Å²) in [6.45, 7) is 1.59. The fourth-order valence-corrected chi connectivity index (χ4v) is 1.15. The molecule has 2 aromatic rings. The molecule has 0 fully saturated rings. The number of hydrogen-bond acceptors (Lipinski definition) is 4. The van der Waals surface area contributed by atoms with Crippen molar-refractivity contribution >= 4 is 16.8 Å². The number of fused-ring (bicyclic) bond motifs is 1. The minimum atomic E-state index is -0.841. The molecule has 4 nitrogen and oxygen atoms in total. The number of aryl methyl sites for hydroxylation is 1. The molecule has 1 aromatic carbocycles. The number of phenolic OH excluding ortho intramolecular Hbond substituents is 1. The average Bonchev–Trinajstić information content (AvgIpc) is 2.42. The van der Waals surface area contributed by atoms with Gasteiger partial charge in [0.15, 0.2) is 23.0 Å². The van der Waals surface area contributed by atoms with Gasteiger partial charge in [0.25, 0.3) is 0 Å². The van der Waals surface area contributed by atoms with Crippen molar-refractivity contribution in [1.82, 2.24) is 4.98 Å². The van der Waals surface area contributed by atoms with E-state index in [-0.39, 0.29) is 16.8 Å². The molecular weight excluding hydrogens is 175 g/mol. The third kappa shape index (κ3) is 1.00. The summed E-state index contributed by atoms with van der Waals surface area (Å²) < 4.78 is 18.3. The average molecular weight is 182 g/mol. The summed E-state index contributed by atoms with van der Waals surface area (Å²) in [5.41, 5.74) is 5.51. The molecule has 0 spiro atoms. The van der Waals surface area contributed by atoms with Gasteiger partial charge in [-0.15, -0.1) is 0 Å². The van der Waals surface area contributed by atoms with E-state index in [9.17, 15) is 4.39 Å². The Bertz CT molecular complexity index is 478. The molecule has 3 N–H and O–H groups in total. The van der Waals surface area contributed by atoms with E-state index in [4.69, 9.17) is 15.3 Å². The number of nitrogen functional groups attached to an aromatic ring is 1. The Morgan fingerprint density at radius 2 is 2.31 bits per heavy atom. The van der Waals surface area contributed by atoms with Crippen LogP contribution < -0.4 is 5.73 Å². The first kappa shape index (κ1) is 7.85. The molecule has 0 atom stereocenters. The van der Waals surface area contributed by atoms with E-state index in [0.717, 1.165) is 0 Å². The van der Waals surface area contributed by atoms with E-state index >= 15 is 0 Å². The summed E-state index contributed by atoms with van der Waals surface area (Å²) in [5, 5.41) is 9.13. The van der Waals surface area contributed by atoms with Gasteiger partial charge in [0.2, 0.25) is 0 Å². The third-order valence-corrected chi connectivity index (χ3v) is 1.74. The lowest BCUT2D eigenvalue weighted by Crippen LogP contribution is -1.89. The number of halogens is 1. The zero-order valence-corrected chi connectivity index (χ0v) is 6.84. The molecule has 68 valence electrons. The molecule has 0 bridgehead atoms. The maximum absolute atomic E-state index is 13.2. The Hall–Kier alpha value is -1.78. The summed E-state index contributed by atoms with van der Waals surface area (Å²) in [4.78, 5) is 3.76. The van der Waals surface area contributed by atoms with Crippen molar-refractivity contribution in [2.75, 3.05) is 5.73 Å². The number of hydrogen-bond donors (Lipinski definition) is 2. The van der Waals surface area contributed by atoms with Gasteiger partial charge in [0.05, 0.1) is 5.69 Å². The standard InChI is InChI=1S/C8H7FN2O2/c1-3-11-7-5(13-3)2-4(10)8(12)6(7)9/h2,12H,10H2,1H3. The first-order valence-electron chi connectivity index (χ1n) is 3.63. The fourth-order valence-electron chi connectivity index (χ4n) is 1.15. The highest BCUT2D eigenvalue weighted by Crippen LogP contribution is 2.31. The van der Waals surface area contributed by atoms with Gasteiger partial charge in [-0.1, -0.05) is 0 Å². The molecule has 5 heteroatoms. The van der Waals surface area contributed by atoms with Crippen LogP contribution in [-0.2, 0) is 0 Å². The number of aromatic hydroxyl groups is 1. The predicted molar refractivity (Wildman–Crippen MR) is 44.8 cm³/mol. The first-order chi connectivity index (χ1) is 6.09.